The van der Waals surface area contributed by atoms with Crippen molar-refractivity contribution in [1.82, 2.24) is 0 Å². The van der Waals surface area contributed by atoms with E-state index in [2.05, 4.69) is 265 Å². The third-order valence-electron chi connectivity index (χ3n) is 12.8. The smallest absolute Gasteiger partial charge is 0.135 e. The highest BCUT2D eigenvalue weighted by atomic mass is 16.3. The van der Waals surface area contributed by atoms with Gasteiger partial charge < -0.3 is 14.2 Å². The number of hydrogen-bond acceptors (Lipinski definition) is 3. The summed E-state index contributed by atoms with van der Waals surface area (Å²) in [7, 11) is 0. The van der Waals surface area contributed by atoms with E-state index >= 15 is 0 Å². The highest BCUT2D eigenvalue weighted by Crippen LogP contribution is 2.42. The Kier molecular flexibility index (Phi) is 10.2. The summed E-state index contributed by atoms with van der Waals surface area (Å²) < 4.78 is 6.22. The number of rotatable bonds is 10. The minimum atomic E-state index is 0.882. The fraction of sp³-hybridized carbons (Fsp3) is 0. The first-order chi connectivity index (χ1) is 33.2. The Morgan fingerprint density at radius 3 is 1.18 bits per heavy atom. The molecule has 12 rings (SSSR count). The van der Waals surface area contributed by atoms with Crippen molar-refractivity contribution >= 4 is 66.8 Å². The molecular weight excluding hydrogens is 813 g/mol. The Morgan fingerprint density at radius 1 is 0.209 bits per heavy atom. The molecule has 316 valence electrons. The van der Waals surface area contributed by atoms with Gasteiger partial charge in [-0.25, -0.2) is 0 Å². The van der Waals surface area contributed by atoms with Gasteiger partial charge in [-0.1, -0.05) is 158 Å². The molecule has 0 aliphatic rings. The third-order valence-corrected chi connectivity index (χ3v) is 12.8. The highest BCUT2D eigenvalue weighted by Gasteiger charge is 2.18. The van der Waals surface area contributed by atoms with Crippen molar-refractivity contribution in [2.24, 2.45) is 0 Å². The number of para-hydroxylation sites is 3. The second kappa shape index (κ2) is 17.2. The normalized spacial score (nSPS) is 11.3. The van der Waals surface area contributed by atoms with E-state index in [1.807, 2.05) is 12.1 Å². The number of hydrogen-bond donors (Lipinski definition) is 0. The molecule has 1 aromatic heterocycles. The average molecular weight is 857 g/mol. The summed E-state index contributed by atoms with van der Waals surface area (Å²) in [6.07, 6.45) is 0. The van der Waals surface area contributed by atoms with Gasteiger partial charge in [0.2, 0.25) is 0 Å². The van der Waals surface area contributed by atoms with Gasteiger partial charge in [-0.3, -0.25) is 0 Å². The Morgan fingerprint density at radius 2 is 0.597 bits per heavy atom. The highest BCUT2D eigenvalue weighted by molar-refractivity contribution is 6.06. The Bertz CT molecular complexity index is 3660. The van der Waals surface area contributed by atoms with Crippen LogP contribution in [0.2, 0.25) is 0 Å². The molecule has 0 fully saturated rings. The molecule has 0 bridgehead atoms. The lowest BCUT2D eigenvalue weighted by Gasteiger charge is -2.26. The van der Waals surface area contributed by atoms with Gasteiger partial charge in [-0.05, 0) is 164 Å². The summed E-state index contributed by atoms with van der Waals surface area (Å²) in [5.74, 6) is 0. The summed E-state index contributed by atoms with van der Waals surface area (Å²) in [4.78, 5) is 4.64. The zero-order valence-electron chi connectivity index (χ0n) is 36.7. The topological polar surface area (TPSA) is 19.6 Å². The van der Waals surface area contributed by atoms with Gasteiger partial charge in [0.1, 0.15) is 11.2 Å². The summed E-state index contributed by atoms with van der Waals surface area (Å²) in [5.41, 5.74) is 17.6. The van der Waals surface area contributed by atoms with Crippen molar-refractivity contribution in [3.05, 3.63) is 267 Å². The molecule has 1 heterocycles. The van der Waals surface area contributed by atoms with Crippen LogP contribution in [0.5, 0.6) is 0 Å². The Balaban J connectivity index is 0.930. The molecule has 67 heavy (non-hydrogen) atoms. The quantitative estimate of drug-likeness (QED) is 0.137. The average Bonchev–Trinajstić information content (AvgIpc) is 3.78. The second-order valence-corrected chi connectivity index (χ2v) is 17.0. The van der Waals surface area contributed by atoms with E-state index in [4.69, 9.17) is 4.42 Å². The third kappa shape index (κ3) is 7.79. The van der Waals surface area contributed by atoms with Crippen LogP contribution in [0.1, 0.15) is 0 Å². The van der Waals surface area contributed by atoms with Crippen molar-refractivity contribution < 1.29 is 4.42 Å². The number of fused-ring (bicyclic) bond motifs is 4. The summed E-state index contributed by atoms with van der Waals surface area (Å²) in [6.45, 7) is 0. The number of furan rings is 1. The molecule has 0 N–H and O–H groups in total. The van der Waals surface area contributed by atoms with Gasteiger partial charge in [0.25, 0.3) is 0 Å². The zero-order valence-corrected chi connectivity index (χ0v) is 36.7. The Labute approximate surface area is 390 Å². The van der Waals surface area contributed by atoms with Crippen LogP contribution in [0.25, 0.3) is 77.2 Å². The molecule has 0 amide bonds. The first-order valence-corrected chi connectivity index (χ1v) is 22.8. The molecule has 0 unspecified atom stereocenters. The summed E-state index contributed by atoms with van der Waals surface area (Å²) in [6, 6.07) is 95.7. The fourth-order valence-electron chi connectivity index (χ4n) is 9.44. The fourth-order valence-corrected chi connectivity index (χ4v) is 9.44. The van der Waals surface area contributed by atoms with Gasteiger partial charge in [0.15, 0.2) is 0 Å². The van der Waals surface area contributed by atoms with Crippen LogP contribution in [0.3, 0.4) is 0 Å². The molecule has 0 aliphatic carbocycles. The monoisotopic (exact) mass is 856 g/mol. The van der Waals surface area contributed by atoms with Gasteiger partial charge in [0, 0.05) is 44.9 Å². The lowest BCUT2D eigenvalue weighted by atomic mass is 9.92. The predicted octanol–water partition coefficient (Wildman–Crippen LogP) is 18.3. The van der Waals surface area contributed by atoms with Crippen LogP contribution in [0, 0.1) is 0 Å². The van der Waals surface area contributed by atoms with E-state index in [1.54, 1.807) is 0 Å². The van der Waals surface area contributed by atoms with E-state index in [-0.39, 0.29) is 0 Å². The first-order valence-electron chi connectivity index (χ1n) is 22.8. The van der Waals surface area contributed by atoms with Gasteiger partial charge in [-0.15, -0.1) is 0 Å². The van der Waals surface area contributed by atoms with Crippen LogP contribution in [-0.2, 0) is 0 Å². The minimum Gasteiger partial charge on any atom is -0.456 e. The van der Waals surface area contributed by atoms with Crippen molar-refractivity contribution in [2.75, 3.05) is 9.80 Å². The van der Waals surface area contributed by atoms with Crippen LogP contribution < -0.4 is 9.80 Å². The molecule has 3 nitrogen and oxygen atoms in total. The van der Waals surface area contributed by atoms with Crippen LogP contribution in [0.15, 0.2) is 271 Å². The SMILES string of the molecule is c1ccc(-c2ccc(N(c3ccccc3)c3ccc(-c4cc(-c5ccc(N(c6ccccc6)c6ccc7oc8ccccc8c7c6)cc5)cc(-c5ccc6ccccc6c5)c4)cc3)cc2)cc1. The number of nitrogens with zero attached hydrogens (tertiary/aromatic N) is 2. The van der Waals surface area contributed by atoms with Crippen molar-refractivity contribution in [1.29, 1.82) is 0 Å². The standard InChI is InChI=1S/C64H44N2O/c1-4-14-45(15-5-1)47-26-32-57(33-27-47)65(55-18-6-2-7-19-55)58-34-28-48(29-35-58)52-41-53(43-54(42-52)51-25-24-46-16-10-11-17-50(46)40-51)49-30-36-59(37-31-49)66(56-20-8-3-9-21-56)60-38-39-64-62(44-60)61-22-12-13-23-63(61)67-64/h1-44H. The Hall–Kier alpha value is -8.92. The molecule has 0 saturated carbocycles. The minimum absolute atomic E-state index is 0.882. The lowest BCUT2D eigenvalue weighted by Crippen LogP contribution is -2.09. The maximum absolute atomic E-state index is 6.22. The van der Waals surface area contributed by atoms with E-state index in [1.165, 1.54) is 33.0 Å². The van der Waals surface area contributed by atoms with Crippen molar-refractivity contribution in [3.8, 4) is 44.5 Å². The van der Waals surface area contributed by atoms with Gasteiger partial charge in [-0.2, -0.15) is 0 Å². The number of benzene rings is 11. The maximum atomic E-state index is 6.22. The molecular formula is C64H44N2O. The van der Waals surface area contributed by atoms with Crippen LogP contribution in [0.4, 0.5) is 34.1 Å². The van der Waals surface area contributed by atoms with E-state index in [9.17, 15) is 0 Å². The summed E-state index contributed by atoms with van der Waals surface area (Å²) in [5, 5.41) is 4.67. The van der Waals surface area contributed by atoms with E-state index in [0.29, 0.717) is 0 Å². The van der Waals surface area contributed by atoms with Crippen molar-refractivity contribution in [3.63, 3.8) is 0 Å². The zero-order chi connectivity index (χ0) is 44.5. The maximum Gasteiger partial charge on any atom is 0.135 e. The largest absolute Gasteiger partial charge is 0.456 e. The molecule has 0 spiro atoms. The van der Waals surface area contributed by atoms with E-state index in [0.717, 1.165) is 78.3 Å². The lowest BCUT2D eigenvalue weighted by molar-refractivity contribution is 0.669. The van der Waals surface area contributed by atoms with E-state index < -0.39 is 0 Å². The molecule has 11 aromatic carbocycles. The van der Waals surface area contributed by atoms with Crippen LogP contribution in [-0.4, -0.2) is 0 Å². The number of anilines is 6. The van der Waals surface area contributed by atoms with Gasteiger partial charge in [0.05, 0.1) is 0 Å². The molecule has 0 aliphatic heterocycles. The summed E-state index contributed by atoms with van der Waals surface area (Å²) >= 11 is 0. The van der Waals surface area contributed by atoms with Crippen molar-refractivity contribution in [2.45, 2.75) is 0 Å². The molecule has 12 aromatic rings. The van der Waals surface area contributed by atoms with Gasteiger partial charge >= 0.3 is 0 Å². The molecule has 0 saturated heterocycles. The van der Waals surface area contributed by atoms with Crippen LogP contribution >= 0.6 is 0 Å². The predicted molar refractivity (Wildman–Crippen MR) is 282 cm³/mol. The molecule has 0 atom stereocenters. The molecule has 0 radical (unpaired) electrons. The second-order valence-electron chi connectivity index (χ2n) is 17.0. The molecule has 3 heteroatoms. The first kappa shape index (κ1) is 39.7.